The highest BCUT2D eigenvalue weighted by Crippen LogP contribution is 2.07. The molecule has 0 aliphatic carbocycles. The SMILES string of the molecule is N[C@@H](Cc1ccc(C(=O)O)cc1)C(=O)O.Nc1ccc(C[C@H](N)C(=O)O)cc1. The average molecular weight is 389 g/mol. The summed E-state index contributed by atoms with van der Waals surface area (Å²) in [5.41, 5.74) is 18.6. The zero-order valence-corrected chi connectivity index (χ0v) is 15.0. The van der Waals surface area contributed by atoms with Crippen LogP contribution in [0.4, 0.5) is 5.69 Å². The number of carboxylic acid groups (broad SMARTS) is 3. The summed E-state index contributed by atoms with van der Waals surface area (Å²) < 4.78 is 0. The number of carbonyl (C=O) groups is 3. The molecular weight excluding hydrogens is 366 g/mol. The number of aromatic carboxylic acids is 1. The van der Waals surface area contributed by atoms with Crippen molar-refractivity contribution < 1.29 is 29.7 Å². The van der Waals surface area contributed by atoms with Gasteiger partial charge in [0.15, 0.2) is 0 Å². The van der Waals surface area contributed by atoms with Crippen molar-refractivity contribution in [2.24, 2.45) is 11.5 Å². The lowest BCUT2D eigenvalue weighted by molar-refractivity contribution is -0.139. The first-order valence-electron chi connectivity index (χ1n) is 8.23. The summed E-state index contributed by atoms with van der Waals surface area (Å²) in [6, 6.07) is 11.2. The molecule has 2 aromatic rings. The van der Waals surface area contributed by atoms with Gasteiger partial charge in [0.25, 0.3) is 0 Å². The molecule has 0 aliphatic rings. The Morgan fingerprint density at radius 2 is 1.07 bits per heavy atom. The number of hydrogen-bond donors (Lipinski definition) is 6. The van der Waals surface area contributed by atoms with Crippen LogP contribution in [0.15, 0.2) is 48.5 Å². The number of hydrogen-bond acceptors (Lipinski definition) is 6. The largest absolute Gasteiger partial charge is 0.480 e. The number of rotatable bonds is 7. The Hall–Kier alpha value is -3.43. The molecule has 9 heteroatoms. The quantitative estimate of drug-likeness (QED) is 0.367. The van der Waals surface area contributed by atoms with Crippen LogP contribution in [0.3, 0.4) is 0 Å². The van der Waals surface area contributed by atoms with Gasteiger partial charge in [0.05, 0.1) is 5.56 Å². The molecular formula is C19H23N3O6. The molecule has 0 saturated heterocycles. The fourth-order valence-electron chi connectivity index (χ4n) is 2.12. The molecule has 0 radical (unpaired) electrons. The van der Waals surface area contributed by atoms with Crippen molar-refractivity contribution >= 4 is 23.6 Å². The van der Waals surface area contributed by atoms with E-state index < -0.39 is 30.0 Å². The van der Waals surface area contributed by atoms with Crippen molar-refractivity contribution in [3.05, 3.63) is 65.2 Å². The molecule has 0 amide bonds. The summed E-state index contributed by atoms with van der Waals surface area (Å²) in [6.45, 7) is 0. The van der Waals surface area contributed by atoms with Gasteiger partial charge in [0, 0.05) is 5.69 Å². The number of carboxylic acids is 3. The van der Waals surface area contributed by atoms with Crippen molar-refractivity contribution in [3.63, 3.8) is 0 Å². The van der Waals surface area contributed by atoms with Crippen LogP contribution in [0.1, 0.15) is 21.5 Å². The van der Waals surface area contributed by atoms with Crippen LogP contribution in [0.25, 0.3) is 0 Å². The summed E-state index contributed by atoms with van der Waals surface area (Å²) in [6.07, 6.45) is 0.519. The minimum atomic E-state index is -1.07. The van der Waals surface area contributed by atoms with Gasteiger partial charge in [-0.1, -0.05) is 24.3 Å². The van der Waals surface area contributed by atoms with E-state index in [4.69, 9.17) is 32.5 Å². The molecule has 9 N–H and O–H groups in total. The van der Waals surface area contributed by atoms with Crippen molar-refractivity contribution in [3.8, 4) is 0 Å². The summed E-state index contributed by atoms with van der Waals surface area (Å²) >= 11 is 0. The third-order valence-corrected chi connectivity index (χ3v) is 3.73. The molecule has 0 aliphatic heterocycles. The van der Waals surface area contributed by atoms with Gasteiger partial charge in [-0.15, -0.1) is 0 Å². The molecule has 0 heterocycles. The van der Waals surface area contributed by atoms with Crippen molar-refractivity contribution in [2.75, 3.05) is 5.73 Å². The van der Waals surface area contributed by atoms with Gasteiger partial charge in [-0.25, -0.2) is 4.79 Å². The zero-order valence-electron chi connectivity index (χ0n) is 15.0. The molecule has 2 aromatic carbocycles. The van der Waals surface area contributed by atoms with Crippen LogP contribution >= 0.6 is 0 Å². The van der Waals surface area contributed by atoms with Crippen LogP contribution in [0.2, 0.25) is 0 Å². The normalized spacial score (nSPS) is 12.2. The number of nitrogen functional groups attached to an aromatic ring is 1. The minimum absolute atomic E-state index is 0.169. The van der Waals surface area contributed by atoms with E-state index >= 15 is 0 Å². The average Bonchev–Trinajstić information content (AvgIpc) is 2.64. The molecule has 0 fully saturated rings. The van der Waals surface area contributed by atoms with E-state index in [9.17, 15) is 14.4 Å². The Labute approximate surface area is 161 Å². The van der Waals surface area contributed by atoms with E-state index in [1.54, 1.807) is 36.4 Å². The van der Waals surface area contributed by atoms with E-state index in [0.717, 1.165) is 5.56 Å². The molecule has 2 rings (SSSR count). The van der Waals surface area contributed by atoms with E-state index in [-0.39, 0.29) is 12.0 Å². The fourth-order valence-corrected chi connectivity index (χ4v) is 2.12. The van der Waals surface area contributed by atoms with Gasteiger partial charge in [-0.2, -0.15) is 0 Å². The summed E-state index contributed by atoms with van der Waals surface area (Å²) in [7, 11) is 0. The highest BCUT2D eigenvalue weighted by molar-refractivity contribution is 5.87. The number of aliphatic carboxylic acids is 2. The lowest BCUT2D eigenvalue weighted by Gasteiger charge is -2.06. The maximum atomic E-state index is 10.5. The van der Waals surface area contributed by atoms with E-state index in [2.05, 4.69) is 0 Å². The van der Waals surface area contributed by atoms with Gasteiger partial charge in [0.1, 0.15) is 12.1 Å². The van der Waals surface area contributed by atoms with Gasteiger partial charge >= 0.3 is 17.9 Å². The van der Waals surface area contributed by atoms with Crippen molar-refractivity contribution in [2.45, 2.75) is 24.9 Å². The molecule has 0 saturated carbocycles. The van der Waals surface area contributed by atoms with Crippen LogP contribution in [-0.2, 0) is 22.4 Å². The van der Waals surface area contributed by atoms with E-state index in [1.165, 1.54) is 12.1 Å². The lowest BCUT2D eigenvalue weighted by atomic mass is 10.0. The molecule has 150 valence electrons. The van der Waals surface area contributed by atoms with E-state index in [1.807, 2.05) is 0 Å². The Kier molecular flexibility index (Phi) is 8.60. The van der Waals surface area contributed by atoms with Crippen LogP contribution in [0, 0.1) is 0 Å². The van der Waals surface area contributed by atoms with Crippen molar-refractivity contribution in [1.29, 1.82) is 0 Å². The zero-order chi connectivity index (χ0) is 21.3. The standard InChI is InChI=1S/C10H11NO4.C9H12N2O2/c11-8(10(14)15)5-6-1-3-7(4-2-6)9(12)13;10-7-3-1-6(2-4-7)5-8(11)9(12)13/h1-4,8H,5,11H2,(H,12,13)(H,14,15);1-4,8H,5,10-11H2,(H,12,13)/t2*8-/m00/s1. The second kappa shape index (κ2) is 10.7. The van der Waals surface area contributed by atoms with Gasteiger partial charge in [0.2, 0.25) is 0 Å². The van der Waals surface area contributed by atoms with Crippen LogP contribution < -0.4 is 17.2 Å². The summed E-state index contributed by atoms with van der Waals surface area (Å²) in [5.74, 6) is -3.07. The molecule has 0 unspecified atom stereocenters. The fraction of sp³-hybridized carbons (Fsp3) is 0.211. The highest BCUT2D eigenvalue weighted by atomic mass is 16.4. The number of nitrogens with two attached hydrogens (primary N) is 3. The second-order valence-corrected chi connectivity index (χ2v) is 6.04. The first-order valence-corrected chi connectivity index (χ1v) is 8.23. The molecule has 0 bridgehead atoms. The number of benzene rings is 2. The summed E-state index contributed by atoms with van der Waals surface area (Å²) in [4.78, 5) is 31.4. The molecule has 2 atom stereocenters. The molecule has 28 heavy (non-hydrogen) atoms. The Bertz CT molecular complexity index is 805. The monoisotopic (exact) mass is 389 g/mol. The lowest BCUT2D eigenvalue weighted by Crippen LogP contribution is -2.32. The first-order chi connectivity index (χ1) is 13.1. The number of anilines is 1. The van der Waals surface area contributed by atoms with Crippen LogP contribution in [-0.4, -0.2) is 45.3 Å². The molecule has 9 nitrogen and oxygen atoms in total. The topological polar surface area (TPSA) is 190 Å². The van der Waals surface area contributed by atoms with Crippen molar-refractivity contribution in [1.82, 2.24) is 0 Å². The van der Waals surface area contributed by atoms with E-state index in [0.29, 0.717) is 17.7 Å². The molecule has 0 spiro atoms. The molecule has 0 aromatic heterocycles. The first kappa shape index (κ1) is 22.6. The Morgan fingerprint density at radius 3 is 1.39 bits per heavy atom. The van der Waals surface area contributed by atoms with Gasteiger partial charge < -0.3 is 32.5 Å². The third kappa shape index (κ3) is 7.85. The maximum Gasteiger partial charge on any atom is 0.335 e. The van der Waals surface area contributed by atoms with Gasteiger partial charge in [-0.3, -0.25) is 9.59 Å². The second-order valence-electron chi connectivity index (χ2n) is 6.04. The third-order valence-electron chi connectivity index (χ3n) is 3.73. The van der Waals surface area contributed by atoms with Gasteiger partial charge in [-0.05, 0) is 48.2 Å². The summed E-state index contributed by atoms with van der Waals surface area (Å²) in [5, 5.41) is 25.7. The predicted octanol–water partition coefficient (Wildman–Crippen LogP) is 0.562. The Morgan fingerprint density at radius 1 is 0.714 bits per heavy atom. The van der Waals surface area contributed by atoms with Crippen LogP contribution in [0.5, 0.6) is 0 Å². The minimum Gasteiger partial charge on any atom is -0.480 e. The maximum absolute atomic E-state index is 10.5. The Balaban J connectivity index is 0.000000283. The predicted molar refractivity (Wildman–Crippen MR) is 103 cm³/mol. The smallest absolute Gasteiger partial charge is 0.335 e. The highest BCUT2D eigenvalue weighted by Gasteiger charge is 2.12.